The van der Waals surface area contributed by atoms with E-state index >= 15 is 0 Å². The predicted molar refractivity (Wildman–Crippen MR) is 46.9 cm³/mol. The van der Waals surface area contributed by atoms with Gasteiger partial charge in [0.1, 0.15) is 0 Å². The van der Waals surface area contributed by atoms with Crippen LogP contribution in [0.5, 0.6) is 0 Å². The number of rotatable bonds is 1. The van der Waals surface area contributed by atoms with Crippen molar-refractivity contribution in [2.24, 2.45) is 5.92 Å². The van der Waals surface area contributed by atoms with Gasteiger partial charge >= 0.3 is 6.18 Å². The lowest BCUT2D eigenvalue weighted by molar-refractivity contribution is -0.235. The molecule has 13 heavy (non-hydrogen) atoms. The maximum Gasteiger partial charge on any atom is 0.414 e. The van der Waals surface area contributed by atoms with Crippen molar-refractivity contribution in [3.8, 4) is 0 Å². The SMILES string of the molecule is CC(Br)C1CCOC(C(F)(F)F)C1. The quantitative estimate of drug-likeness (QED) is 0.659. The van der Waals surface area contributed by atoms with Gasteiger partial charge in [0.25, 0.3) is 0 Å². The zero-order chi connectivity index (χ0) is 10.1. The molecule has 0 saturated carbocycles. The van der Waals surface area contributed by atoms with Crippen molar-refractivity contribution in [3.63, 3.8) is 0 Å². The summed E-state index contributed by atoms with van der Waals surface area (Å²) >= 11 is 3.31. The third-order valence-electron chi connectivity index (χ3n) is 2.34. The van der Waals surface area contributed by atoms with Crippen LogP contribution in [0, 0.1) is 5.92 Å². The lowest BCUT2D eigenvalue weighted by atomic mass is 9.93. The Morgan fingerprint density at radius 1 is 1.46 bits per heavy atom. The maximum absolute atomic E-state index is 12.2. The topological polar surface area (TPSA) is 9.23 Å². The molecule has 1 aliphatic rings. The Balaban J connectivity index is 2.52. The van der Waals surface area contributed by atoms with Gasteiger partial charge in [-0.15, -0.1) is 0 Å². The Morgan fingerprint density at radius 2 is 2.08 bits per heavy atom. The minimum Gasteiger partial charge on any atom is -0.369 e. The summed E-state index contributed by atoms with van der Waals surface area (Å²) in [7, 11) is 0. The second-order valence-corrected chi connectivity index (χ2v) is 4.81. The number of hydrogen-bond donors (Lipinski definition) is 0. The zero-order valence-corrected chi connectivity index (χ0v) is 8.86. The highest BCUT2D eigenvalue weighted by atomic mass is 79.9. The van der Waals surface area contributed by atoms with E-state index < -0.39 is 12.3 Å². The monoisotopic (exact) mass is 260 g/mol. The number of alkyl halides is 4. The van der Waals surface area contributed by atoms with Crippen LogP contribution in [0.3, 0.4) is 0 Å². The van der Waals surface area contributed by atoms with Crippen molar-refractivity contribution in [1.29, 1.82) is 0 Å². The summed E-state index contributed by atoms with van der Waals surface area (Å²) in [5, 5.41) is 0. The second kappa shape index (κ2) is 4.17. The molecule has 0 spiro atoms. The summed E-state index contributed by atoms with van der Waals surface area (Å²) in [6, 6.07) is 0. The highest BCUT2D eigenvalue weighted by Crippen LogP contribution is 2.35. The first-order valence-corrected chi connectivity index (χ1v) is 5.15. The fraction of sp³-hybridized carbons (Fsp3) is 1.00. The van der Waals surface area contributed by atoms with E-state index in [1.807, 2.05) is 6.92 Å². The van der Waals surface area contributed by atoms with Gasteiger partial charge in [-0.1, -0.05) is 22.9 Å². The number of halogens is 4. The standard InChI is InChI=1S/C8H12BrF3O/c1-5(9)6-2-3-13-7(4-6)8(10,11)12/h5-7H,2-4H2,1H3. The summed E-state index contributed by atoms with van der Waals surface area (Å²) in [5.74, 6) is 0.0698. The van der Waals surface area contributed by atoms with E-state index in [9.17, 15) is 13.2 Å². The van der Waals surface area contributed by atoms with Gasteiger partial charge in [-0.2, -0.15) is 13.2 Å². The predicted octanol–water partition coefficient (Wildman–Crippen LogP) is 3.13. The summed E-state index contributed by atoms with van der Waals surface area (Å²) < 4.78 is 41.4. The average molecular weight is 261 g/mol. The van der Waals surface area contributed by atoms with Gasteiger partial charge in [0.2, 0.25) is 0 Å². The zero-order valence-electron chi connectivity index (χ0n) is 7.27. The third-order valence-corrected chi connectivity index (χ3v) is 3.09. The molecule has 1 heterocycles. The van der Waals surface area contributed by atoms with Gasteiger partial charge in [-0.3, -0.25) is 0 Å². The molecular weight excluding hydrogens is 249 g/mol. The molecule has 0 amide bonds. The largest absolute Gasteiger partial charge is 0.414 e. The lowest BCUT2D eigenvalue weighted by Gasteiger charge is -2.32. The smallest absolute Gasteiger partial charge is 0.369 e. The number of hydrogen-bond acceptors (Lipinski definition) is 1. The highest BCUT2D eigenvalue weighted by molar-refractivity contribution is 9.09. The molecule has 0 aromatic carbocycles. The molecule has 0 aromatic heterocycles. The average Bonchev–Trinajstić information content (AvgIpc) is 2.03. The van der Waals surface area contributed by atoms with Gasteiger partial charge in [0, 0.05) is 11.4 Å². The van der Waals surface area contributed by atoms with Crippen molar-refractivity contribution in [1.82, 2.24) is 0 Å². The molecular formula is C8H12BrF3O. The van der Waals surface area contributed by atoms with Crippen molar-refractivity contribution in [2.75, 3.05) is 6.61 Å². The van der Waals surface area contributed by atoms with Crippen LogP contribution in [0.1, 0.15) is 19.8 Å². The molecule has 1 nitrogen and oxygen atoms in total. The molecule has 5 heteroatoms. The van der Waals surface area contributed by atoms with Crippen molar-refractivity contribution < 1.29 is 17.9 Å². The molecule has 1 rings (SSSR count). The molecule has 78 valence electrons. The van der Waals surface area contributed by atoms with Crippen LogP contribution < -0.4 is 0 Å². The molecule has 0 aliphatic carbocycles. The van der Waals surface area contributed by atoms with E-state index in [0.29, 0.717) is 6.42 Å². The Hall–Kier alpha value is 0.230. The Labute approximate surface area is 83.8 Å². The van der Waals surface area contributed by atoms with Crippen LogP contribution in [-0.2, 0) is 4.74 Å². The number of ether oxygens (including phenoxy) is 1. The first kappa shape index (κ1) is 11.3. The minimum absolute atomic E-state index is 0.0698. The van der Waals surface area contributed by atoms with E-state index in [1.54, 1.807) is 0 Å². The van der Waals surface area contributed by atoms with E-state index in [-0.39, 0.29) is 23.8 Å². The van der Waals surface area contributed by atoms with Crippen LogP contribution in [0.4, 0.5) is 13.2 Å². The van der Waals surface area contributed by atoms with Gasteiger partial charge in [-0.25, -0.2) is 0 Å². The third kappa shape index (κ3) is 3.13. The molecule has 3 unspecified atom stereocenters. The molecule has 3 atom stereocenters. The Kier molecular flexibility index (Phi) is 3.63. The van der Waals surface area contributed by atoms with E-state index in [1.165, 1.54) is 0 Å². The van der Waals surface area contributed by atoms with E-state index in [4.69, 9.17) is 0 Å². The lowest BCUT2D eigenvalue weighted by Crippen LogP contribution is -2.39. The van der Waals surface area contributed by atoms with Gasteiger partial charge < -0.3 is 4.74 Å². The van der Waals surface area contributed by atoms with Crippen LogP contribution >= 0.6 is 15.9 Å². The van der Waals surface area contributed by atoms with Gasteiger partial charge in [0.05, 0.1) is 0 Å². The summed E-state index contributed by atoms with van der Waals surface area (Å²) in [6.45, 7) is 2.09. The fourth-order valence-electron chi connectivity index (χ4n) is 1.47. The first-order valence-electron chi connectivity index (χ1n) is 4.23. The minimum atomic E-state index is -4.21. The summed E-state index contributed by atoms with van der Waals surface area (Å²) in [6.07, 6.45) is -4.98. The highest BCUT2D eigenvalue weighted by Gasteiger charge is 2.44. The van der Waals surface area contributed by atoms with Crippen LogP contribution in [0.2, 0.25) is 0 Å². The van der Waals surface area contributed by atoms with Crippen LogP contribution in [0.25, 0.3) is 0 Å². The second-order valence-electron chi connectivity index (χ2n) is 3.36. The normalized spacial score (nSPS) is 33.0. The molecule has 0 bridgehead atoms. The van der Waals surface area contributed by atoms with Crippen LogP contribution in [-0.4, -0.2) is 23.7 Å². The van der Waals surface area contributed by atoms with Crippen molar-refractivity contribution in [3.05, 3.63) is 0 Å². The van der Waals surface area contributed by atoms with E-state index in [0.717, 1.165) is 0 Å². The van der Waals surface area contributed by atoms with Crippen molar-refractivity contribution >= 4 is 15.9 Å². The van der Waals surface area contributed by atoms with Gasteiger partial charge in [-0.05, 0) is 18.8 Å². The molecule has 0 N–H and O–H groups in total. The van der Waals surface area contributed by atoms with Crippen molar-refractivity contribution in [2.45, 2.75) is 36.9 Å². The maximum atomic E-state index is 12.2. The first-order chi connectivity index (χ1) is 5.91. The summed E-state index contributed by atoms with van der Waals surface area (Å²) in [4.78, 5) is 0.126. The molecule has 1 fully saturated rings. The van der Waals surface area contributed by atoms with E-state index in [2.05, 4.69) is 20.7 Å². The molecule has 0 radical (unpaired) electrons. The molecule has 0 aromatic rings. The Bertz CT molecular complexity index is 169. The van der Waals surface area contributed by atoms with Gasteiger partial charge in [0.15, 0.2) is 6.10 Å². The molecule has 1 saturated heterocycles. The fourth-order valence-corrected chi connectivity index (χ4v) is 1.95. The Morgan fingerprint density at radius 3 is 2.54 bits per heavy atom. The van der Waals surface area contributed by atoms with Crippen LogP contribution in [0.15, 0.2) is 0 Å². The summed E-state index contributed by atoms with van der Waals surface area (Å²) in [5.41, 5.74) is 0. The molecule has 1 aliphatic heterocycles.